The van der Waals surface area contributed by atoms with Gasteiger partial charge >= 0.3 is 11.8 Å². The monoisotopic (exact) mass is 326 g/mol. The van der Waals surface area contributed by atoms with Crippen LogP contribution in [0.5, 0.6) is 0 Å². The number of nitrogens with one attached hydrogen (secondary N) is 2. The second-order valence-electron chi connectivity index (χ2n) is 5.24. The molecule has 0 unspecified atom stereocenters. The number of ether oxygens (including phenoxy) is 1. The number of amides is 2. The van der Waals surface area contributed by atoms with Gasteiger partial charge in [0.25, 0.3) is 0 Å². The van der Waals surface area contributed by atoms with Gasteiger partial charge in [-0.3, -0.25) is 9.59 Å². The molecule has 0 atom stereocenters. The molecule has 1 aromatic heterocycles. The van der Waals surface area contributed by atoms with Gasteiger partial charge in [0, 0.05) is 19.3 Å². The summed E-state index contributed by atoms with van der Waals surface area (Å²) < 4.78 is 5.35. The minimum Gasteiger partial charge on any atom is -0.378 e. The van der Waals surface area contributed by atoms with Gasteiger partial charge in [0.1, 0.15) is 5.82 Å². The second kappa shape index (κ2) is 7.56. The largest absolute Gasteiger partial charge is 0.378 e. The Balaban J connectivity index is 1.69. The summed E-state index contributed by atoms with van der Waals surface area (Å²) in [7, 11) is 0. The normalized spacial score (nSPS) is 14.1. The lowest BCUT2D eigenvalue weighted by molar-refractivity contribution is -0.133. The van der Waals surface area contributed by atoms with Crippen molar-refractivity contribution in [2.45, 2.75) is 0 Å². The molecule has 1 aliphatic heterocycles. The molecule has 7 heteroatoms. The van der Waals surface area contributed by atoms with E-state index in [1.165, 1.54) is 0 Å². The molecule has 2 heterocycles. The molecule has 1 aromatic carbocycles. The summed E-state index contributed by atoms with van der Waals surface area (Å²) in [5.41, 5.74) is 1.47. The first-order chi connectivity index (χ1) is 11.7. The lowest BCUT2D eigenvalue weighted by Gasteiger charge is -2.30. The summed E-state index contributed by atoms with van der Waals surface area (Å²) in [6.07, 6.45) is 1.54. The first-order valence-electron chi connectivity index (χ1n) is 7.69. The molecule has 1 saturated heterocycles. The van der Waals surface area contributed by atoms with Crippen molar-refractivity contribution in [2.24, 2.45) is 0 Å². The third-order valence-electron chi connectivity index (χ3n) is 3.62. The number of nitrogens with zero attached hydrogens (tertiary/aromatic N) is 2. The molecule has 2 aromatic rings. The minimum absolute atomic E-state index is 0.333. The van der Waals surface area contributed by atoms with Crippen molar-refractivity contribution in [1.29, 1.82) is 0 Å². The number of benzene rings is 1. The molecule has 0 spiro atoms. The molecule has 0 bridgehead atoms. The van der Waals surface area contributed by atoms with Gasteiger partial charge in [-0.1, -0.05) is 18.2 Å². The zero-order chi connectivity index (χ0) is 16.8. The molecule has 2 N–H and O–H groups in total. The Bertz CT molecular complexity index is 715. The lowest BCUT2D eigenvalue weighted by Crippen LogP contribution is -2.37. The van der Waals surface area contributed by atoms with E-state index < -0.39 is 11.8 Å². The Morgan fingerprint density at radius 2 is 1.67 bits per heavy atom. The molecule has 124 valence electrons. The molecular weight excluding hydrogens is 308 g/mol. The molecule has 24 heavy (non-hydrogen) atoms. The van der Waals surface area contributed by atoms with Gasteiger partial charge in [-0.15, -0.1) is 0 Å². The maximum atomic E-state index is 12.2. The van der Waals surface area contributed by atoms with Crippen molar-refractivity contribution in [3.05, 3.63) is 48.7 Å². The average Bonchev–Trinajstić information content (AvgIpc) is 2.63. The zero-order valence-electron chi connectivity index (χ0n) is 13.1. The summed E-state index contributed by atoms with van der Waals surface area (Å²) in [4.78, 5) is 30.3. The van der Waals surface area contributed by atoms with Crippen LogP contribution in [0, 0.1) is 0 Å². The lowest BCUT2D eigenvalue weighted by atomic mass is 10.2. The van der Waals surface area contributed by atoms with E-state index in [2.05, 4.69) is 20.5 Å². The number of aromatic nitrogens is 1. The predicted molar refractivity (Wildman–Crippen MR) is 91.0 cm³/mol. The van der Waals surface area contributed by atoms with Crippen molar-refractivity contribution in [3.8, 4) is 0 Å². The Hall–Kier alpha value is -2.93. The maximum absolute atomic E-state index is 12.2. The van der Waals surface area contributed by atoms with E-state index in [1.807, 2.05) is 18.2 Å². The highest BCUT2D eigenvalue weighted by molar-refractivity contribution is 6.43. The number of rotatable bonds is 3. The molecule has 0 saturated carbocycles. The van der Waals surface area contributed by atoms with Crippen LogP contribution >= 0.6 is 0 Å². The van der Waals surface area contributed by atoms with E-state index in [0.29, 0.717) is 24.7 Å². The van der Waals surface area contributed by atoms with E-state index in [4.69, 9.17) is 4.74 Å². The SMILES string of the molecule is O=C(Nc1ccccn1)C(=O)Nc1ccccc1N1CCOCC1. The molecule has 1 aliphatic rings. The van der Waals surface area contributed by atoms with Gasteiger partial charge in [0.15, 0.2) is 0 Å². The third kappa shape index (κ3) is 3.88. The molecule has 1 fully saturated rings. The molecule has 3 rings (SSSR count). The average molecular weight is 326 g/mol. The van der Waals surface area contributed by atoms with E-state index in [1.54, 1.807) is 30.5 Å². The van der Waals surface area contributed by atoms with Crippen LogP contribution in [0.2, 0.25) is 0 Å². The second-order valence-corrected chi connectivity index (χ2v) is 5.24. The van der Waals surface area contributed by atoms with Crippen molar-refractivity contribution in [1.82, 2.24) is 4.98 Å². The van der Waals surface area contributed by atoms with E-state index in [-0.39, 0.29) is 0 Å². The number of hydrogen-bond donors (Lipinski definition) is 2. The third-order valence-corrected chi connectivity index (χ3v) is 3.62. The number of carbonyl (C=O) groups excluding carboxylic acids is 2. The van der Waals surface area contributed by atoms with Crippen molar-refractivity contribution >= 4 is 29.0 Å². The van der Waals surface area contributed by atoms with Crippen LogP contribution in [0.15, 0.2) is 48.7 Å². The van der Waals surface area contributed by atoms with E-state index in [0.717, 1.165) is 18.8 Å². The number of anilines is 3. The Morgan fingerprint density at radius 3 is 2.42 bits per heavy atom. The smallest absolute Gasteiger partial charge is 0.315 e. The number of morpholine rings is 1. The van der Waals surface area contributed by atoms with Gasteiger partial charge in [0.2, 0.25) is 0 Å². The van der Waals surface area contributed by atoms with Crippen molar-refractivity contribution < 1.29 is 14.3 Å². The first-order valence-corrected chi connectivity index (χ1v) is 7.69. The van der Waals surface area contributed by atoms with Crippen molar-refractivity contribution in [2.75, 3.05) is 41.8 Å². The van der Waals surface area contributed by atoms with Crippen LogP contribution in [-0.2, 0) is 14.3 Å². The Labute approximate surface area is 139 Å². The summed E-state index contributed by atoms with van der Waals surface area (Å²) in [6.45, 7) is 2.77. The van der Waals surface area contributed by atoms with Gasteiger partial charge < -0.3 is 20.3 Å². The van der Waals surface area contributed by atoms with Crippen molar-refractivity contribution in [3.63, 3.8) is 0 Å². The van der Waals surface area contributed by atoms with Crippen LogP contribution in [0.25, 0.3) is 0 Å². The number of hydrogen-bond acceptors (Lipinski definition) is 5. The molecule has 7 nitrogen and oxygen atoms in total. The molecular formula is C17H18N4O3. The fourth-order valence-electron chi connectivity index (χ4n) is 2.45. The standard InChI is InChI=1S/C17H18N4O3/c22-16(17(23)20-15-7-3-4-8-18-15)19-13-5-1-2-6-14(13)21-9-11-24-12-10-21/h1-8H,9-12H2,(H,19,22)(H,18,20,23). The summed E-state index contributed by atoms with van der Waals surface area (Å²) in [6, 6.07) is 12.5. The topological polar surface area (TPSA) is 83.6 Å². The molecule has 2 amide bonds. The van der Waals surface area contributed by atoms with Crippen LogP contribution in [-0.4, -0.2) is 43.1 Å². The molecule has 0 radical (unpaired) electrons. The zero-order valence-corrected chi connectivity index (χ0v) is 13.1. The first kappa shape index (κ1) is 15.9. The van der Waals surface area contributed by atoms with Gasteiger partial charge in [0.05, 0.1) is 24.6 Å². The predicted octanol–water partition coefficient (Wildman–Crippen LogP) is 1.50. The summed E-state index contributed by atoms with van der Waals surface area (Å²) >= 11 is 0. The Kier molecular flexibility index (Phi) is 5.02. The van der Waals surface area contributed by atoms with E-state index >= 15 is 0 Å². The number of carbonyl (C=O) groups is 2. The highest BCUT2D eigenvalue weighted by Gasteiger charge is 2.19. The quantitative estimate of drug-likeness (QED) is 0.835. The molecule has 0 aliphatic carbocycles. The minimum atomic E-state index is -0.759. The summed E-state index contributed by atoms with van der Waals surface area (Å²) in [5.74, 6) is -1.16. The fraction of sp³-hybridized carbons (Fsp3) is 0.235. The van der Waals surface area contributed by atoms with Crippen LogP contribution < -0.4 is 15.5 Å². The number of pyridine rings is 1. The highest BCUT2D eigenvalue weighted by atomic mass is 16.5. The van der Waals surface area contributed by atoms with Gasteiger partial charge in [-0.25, -0.2) is 4.98 Å². The highest BCUT2D eigenvalue weighted by Crippen LogP contribution is 2.26. The Morgan fingerprint density at radius 1 is 0.958 bits per heavy atom. The van der Waals surface area contributed by atoms with Crippen LogP contribution in [0.3, 0.4) is 0 Å². The van der Waals surface area contributed by atoms with E-state index in [9.17, 15) is 9.59 Å². The number of para-hydroxylation sites is 2. The van der Waals surface area contributed by atoms with Gasteiger partial charge in [-0.05, 0) is 24.3 Å². The summed E-state index contributed by atoms with van der Waals surface area (Å²) in [5, 5.41) is 5.13. The maximum Gasteiger partial charge on any atom is 0.315 e. The van der Waals surface area contributed by atoms with Crippen LogP contribution in [0.4, 0.5) is 17.2 Å². The fourth-order valence-corrected chi connectivity index (χ4v) is 2.45. The van der Waals surface area contributed by atoms with Gasteiger partial charge in [-0.2, -0.15) is 0 Å². The van der Waals surface area contributed by atoms with Crippen LogP contribution in [0.1, 0.15) is 0 Å².